The highest BCUT2D eigenvalue weighted by molar-refractivity contribution is 7.99. The Hall–Kier alpha value is -3.31. The van der Waals surface area contributed by atoms with Gasteiger partial charge in [-0.1, -0.05) is 6.42 Å². The lowest BCUT2D eigenvalue weighted by Crippen LogP contribution is -2.32. The molecule has 11 heteroatoms. The molecule has 0 unspecified atom stereocenters. The summed E-state index contributed by atoms with van der Waals surface area (Å²) < 4.78 is 6.65. The maximum atomic E-state index is 12.2. The molecule has 0 radical (unpaired) electrons. The van der Waals surface area contributed by atoms with Crippen molar-refractivity contribution < 1.29 is 29.6 Å². The summed E-state index contributed by atoms with van der Waals surface area (Å²) >= 11 is 1.08. The largest absolute Gasteiger partial charge is 0.497 e. The van der Waals surface area contributed by atoms with E-state index in [-0.39, 0.29) is 23.4 Å². The van der Waals surface area contributed by atoms with Crippen molar-refractivity contribution in [2.24, 2.45) is 5.73 Å². The molecule has 3 rings (SSSR count). The van der Waals surface area contributed by atoms with Gasteiger partial charge in [0.25, 0.3) is 0 Å². The highest BCUT2D eigenvalue weighted by atomic mass is 32.2. The number of rotatable bonds is 14. The van der Waals surface area contributed by atoms with Gasteiger partial charge in [0.05, 0.1) is 12.0 Å². The lowest BCUT2D eigenvalue weighted by Gasteiger charge is -2.08. The van der Waals surface area contributed by atoms with Crippen LogP contribution in [0.4, 0.5) is 0 Å². The van der Waals surface area contributed by atoms with Gasteiger partial charge in [-0.2, -0.15) is 0 Å². The Labute approximate surface area is 207 Å². The van der Waals surface area contributed by atoms with Gasteiger partial charge in [-0.05, 0) is 43.0 Å². The van der Waals surface area contributed by atoms with Gasteiger partial charge in [-0.15, -0.1) is 11.8 Å². The van der Waals surface area contributed by atoms with Crippen molar-refractivity contribution in [3.63, 3.8) is 0 Å². The minimum atomic E-state index is -1.12. The number of fused-ring (bicyclic) bond motifs is 1. The molecule has 0 aliphatic carbocycles. The van der Waals surface area contributed by atoms with Gasteiger partial charge < -0.3 is 36.1 Å². The van der Waals surface area contributed by atoms with Crippen LogP contribution in [0.25, 0.3) is 10.9 Å². The number of aliphatic carboxylic acids is 1. The average Bonchev–Trinajstić information content (AvgIpc) is 3.36. The van der Waals surface area contributed by atoms with Gasteiger partial charge in [-0.25, -0.2) is 0 Å². The third-order valence-electron chi connectivity index (χ3n) is 5.73. The zero-order valence-corrected chi connectivity index (χ0v) is 20.4. The van der Waals surface area contributed by atoms with Crippen LogP contribution in [0.15, 0.2) is 35.4 Å². The number of H-pyrrole nitrogens is 1. The summed E-state index contributed by atoms with van der Waals surface area (Å²) in [5.41, 5.74) is 7.62. The normalized spacial score (nSPS) is 12.1. The quantitative estimate of drug-likeness (QED) is 0.144. The van der Waals surface area contributed by atoms with Crippen LogP contribution in [0.5, 0.6) is 17.5 Å². The third kappa shape index (κ3) is 7.09. The Bertz CT molecular complexity index is 1160. The molecule has 1 amide bonds. The van der Waals surface area contributed by atoms with Crippen LogP contribution in [0.1, 0.15) is 31.2 Å². The summed E-state index contributed by atoms with van der Waals surface area (Å²) in [6.07, 6.45) is 5.17. The van der Waals surface area contributed by atoms with E-state index in [9.17, 15) is 19.8 Å². The fourth-order valence-electron chi connectivity index (χ4n) is 3.73. The number of carbonyl (C=O) groups is 2. The highest BCUT2D eigenvalue weighted by Crippen LogP contribution is 2.36. The molecule has 0 bridgehead atoms. The van der Waals surface area contributed by atoms with E-state index in [2.05, 4.69) is 10.3 Å². The van der Waals surface area contributed by atoms with Gasteiger partial charge in [0, 0.05) is 48.4 Å². The number of benzene rings is 1. The van der Waals surface area contributed by atoms with Crippen LogP contribution in [0.3, 0.4) is 0 Å². The number of nitrogens with two attached hydrogens (primary N) is 1. The number of carboxylic acids is 1. The van der Waals surface area contributed by atoms with E-state index in [0.29, 0.717) is 43.7 Å². The summed E-state index contributed by atoms with van der Waals surface area (Å²) in [5, 5.41) is 33.3. The molecule has 7 N–H and O–H groups in total. The van der Waals surface area contributed by atoms with Crippen molar-refractivity contribution in [3.8, 4) is 17.5 Å². The number of hydrogen-bond donors (Lipinski definition) is 6. The fraction of sp³-hybridized carbons (Fsp3) is 0.417. The second-order valence-electron chi connectivity index (χ2n) is 8.23. The van der Waals surface area contributed by atoms with E-state index in [1.54, 1.807) is 7.11 Å². The SMILES string of the molecule is COc1ccc2[nH]cc(CCNC(=O)CCCCCn3c(O)cc(SC[C@H](N)C(=O)O)c3O)c2c1. The number of aromatic nitrogens is 2. The molecular formula is C24H32N4O6S. The Morgan fingerprint density at radius 2 is 2.03 bits per heavy atom. The Morgan fingerprint density at radius 1 is 1.23 bits per heavy atom. The standard InChI is InChI=1S/C24H32N4O6S/c1-34-16-6-7-19-17(11-16)15(13-27-19)8-9-26-21(29)5-3-2-4-10-28-22(30)12-20(23(28)31)35-14-18(25)24(32)33/h6-7,11-13,18,27,30-31H,2-5,8-10,14,25H2,1H3,(H,26,29)(H,32,33)/t18-/m0/s1. The van der Waals surface area contributed by atoms with Gasteiger partial charge in [0.15, 0.2) is 5.88 Å². The first-order valence-corrected chi connectivity index (χ1v) is 12.4. The van der Waals surface area contributed by atoms with Crippen LogP contribution in [0.2, 0.25) is 0 Å². The smallest absolute Gasteiger partial charge is 0.321 e. The number of nitrogens with one attached hydrogen (secondary N) is 2. The lowest BCUT2D eigenvalue weighted by molar-refractivity contribution is -0.137. The first-order valence-electron chi connectivity index (χ1n) is 11.4. The number of unbranched alkanes of at least 4 members (excludes halogenated alkanes) is 2. The molecule has 35 heavy (non-hydrogen) atoms. The number of amides is 1. The molecule has 0 fully saturated rings. The molecule has 1 atom stereocenters. The van der Waals surface area contributed by atoms with Crippen molar-refractivity contribution in [1.29, 1.82) is 0 Å². The molecule has 0 saturated heterocycles. The maximum Gasteiger partial charge on any atom is 0.321 e. The first-order chi connectivity index (χ1) is 16.8. The average molecular weight is 505 g/mol. The number of hydrogen-bond acceptors (Lipinski definition) is 7. The number of aromatic hydroxyl groups is 2. The Balaban J connectivity index is 1.35. The van der Waals surface area contributed by atoms with Gasteiger partial charge >= 0.3 is 5.97 Å². The molecule has 10 nitrogen and oxygen atoms in total. The Kier molecular flexibility index (Phi) is 9.32. The zero-order valence-electron chi connectivity index (χ0n) is 19.6. The zero-order chi connectivity index (χ0) is 25.4. The Morgan fingerprint density at radius 3 is 2.77 bits per heavy atom. The molecule has 3 aromatic rings. The van der Waals surface area contributed by atoms with Crippen LogP contribution in [-0.2, 0) is 22.6 Å². The monoisotopic (exact) mass is 504 g/mol. The fourth-order valence-corrected chi connectivity index (χ4v) is 4.66. The second-order valence-corrected chi connectivity index (χ2v) is 9.30. The van der Waals surface area contributed by atoms with Crippen molar-refractivity contribution in [1.82, 2.24) is 14.9 Å². The number of methoxy groups -OCH3 is 1. The predicted octanol–water partition coefficient (Wildman–Crippen LogP) is 2.81. The predicted molar refractivity (Wildman–Crippen MR) is 134 cm³/mol. The number of carbonyl (C=O) groups excluding carboxylic acids is 1. The maximum absolute atomic E-state index is 12.2. The van der Waals surface area contributed by atoms with Crippen molar-refractivity contribution >= 4 is 34.5 Å². The van der Waals surface area contributed by atoms with E-state index in [0.717, 1.165) is 40.4 Å². The van der Waals surface area contributed by atoms with Crippen molar-refractivity contribution in [2.45, 2.75) is 49.6 Å². The van der Waals surface area contributed by atoms with Crippen molar-refractivity contribution in [3.05, 3.63) is 36.0 Å². The van der Waals surface area contributed by atoms with Gasteiger partial charge in [0.2, 0.25) is 11.8 Å². The molecule has 0 saturated carbocycles. The number of nitrogens with zero attached hydrogens (tertiary/aromatic N) is 1. The first kappa shape index (κ1) is 26.3. The summed E-state index contributed by atoms with van der Waals surface area (Å²) in [7, 11) is 1.63. The number of thioether (sulfide) groups is 1. The van der Waals surface area contributed by atoms with Crippen LogP contribution < -0.4 is 15.8 Å². The topological polar surface area (TPSA) is 163 Å². The molecule has 0 aliphatic heterocycles. The molecule has 190 valence electrons. The summed E-state index contributed by atoms with van der Waals surface area (Å²) in [4.78, 5) is 26.6. The van der Waals surface area contributed by atoms with E-state index in [4.69, 9.17) is 15.6 Å². The summed E-state index contributed by atoms with van der Waals surface area (Å²) in [6, 6.07) is 6.20. The molecule has 1 aromatic carbocycles. The molecule has 2 aromatic heterocycles. The van der Waals surface area contributed by atoms with E-state index >= 15 is 0 Å². The van der Waals surface area contributed by atoms with Gasteiger partial charge in [0.1, 0.15) is 11.8 Å². The van der Waals surface area contributed by atoms with E-state index < -0.39 is 12.0 Å². The molecular weight excluding hydrogens is 472 g/mol. The van der Waals surface area contributed by atoms with Crippen molar-refractivity contribution in [2.75, 3.05) is 19.4 Å². The minimum absolute atomic E-state index is 0.0115. The van der Waals surface area contributed by atoms with E-state index in [1.165, 1.54) is 10.6 Å². The van der Waals surface area contributed by atoms with Crippen LogP contribution in [-0.4, -0.2) is 62.2 Å². The minimum Gasteiger partial charge on any atom is -0.497 e. The van der Waals surface area contributed by atoms with Crippen LogP contribution in [0, 0.1) is 0 Å². The lowest BCUT2D eigenvalue weighted by atomic mass is 10.1. The van der Waals surface area contributed by atoms with Crippen LogP contribution >= 0.6 is 11.8 Å². The second kappa shape index (κ2) is 12.4. The van der Waals surface area contributed by atoms with Gasteiger partial charge in [-0.3, -0.25) is 14.2 Å². The molecule has 2 heterocycles. The molecule has 0 spiro atoms. The summed E-state index contributed by atoms with van der Waals surface area (Å²) in [6.45, 7) is 0.926. The number of carboxylic acid groups (broad SMARTS) is 1. The van der Waals surface area contributed by atoms with E-state index in [1.807, 2.05) is 24.4 Å². The number of aromatic amines is 1. The summed E-state index contributed by atoms with van der Waals surface area (Å²) in [5.74, 6) is -0.470. The highest BCUT2D eigenvalue weighted by Gasteiger charge is 2.18. The molecule has 0 aliphatic rings. The number of ether oxygens (including phenoxy) is 1. The third-order valence-corrected chi connectivity index (χ3v) is 6.86.